The van der Waals surface area contributed by atoms with E-state index in [2.05, 4.69) is 241 Å². The fraction of sp³-hybridized carbons (Fsp3) is 0.0169. The molecule has 286 valence electrons. The number of rotatable bonds is 7. The third-order valence-electron chi connectivity index (χ3n) is 12.7. The number of fused-ring (bicyclic) bond motifs is 7. The van der Waals surface area contributed by atoms with Gasteiger partial charge in [0, 0.05) is 27.8 Å². The highest BCUT2D eigenvalue weighted by atomic mass is 16.3. The molecule has 0 fully saturated rings. The molecule has 11 aromatic rings. The van der Waals surface area contributed by atoms with E-state index in [0.717, 1.165) is 50.1 Å². The molecular weight excluding hydrogens is 739 g/mol. The maximum Gasteiger partial charge on any atom is 0.136 e. The Labute approximate surface area is 355 Å². The van der Waals surface area contributed by atoms with Gasteiger partial charge in [0.1, 0.15) is 11.2 Å². The van der Waals surface area contributed by atoms with E-state index in [1.54, 1.807) is 0 Å². The van der Waals surface area contributed by atoms with Crippen molar-refractivity contribution in [3.05, 3.63) is 259 Å². The van der Waals surface area contributed by atoms with Crippen LogP contribution in [0.5, 0.6) is 0 Å². The van der Waals surface area contributed by atoms with Crippen LogP contribution in [0, 0.1) is 0 Å². The average molecular weight is 778 g/mol. The molecule has 1 aliphatic rings. The van der Waals surface area contributed by atoms with Crippen molar-refractivity contribution in [2.45, 2.75) is 5.41 Å². The van der Waals surface area contributed by atoms with E-state index in [-0.39, 0.29) is 0 Å². The first-order valence-electron chi connectivity index (χ1n) is 21.0. The second kappa shape index (κ2) is 14.1. The van der Waals surface area contributed by atoms with Crippen LogP contribution in [0.25, 0.3) is 66.1 Å². The lowest BCUT2D eigenvalue weighted by Crippen LogP contribution is -2.28. The minimum absolute atomic E-state index is 0.512. The molecule has 61 heavy (non-hydrogen) atoms. The van der Waals surface area contributed by atoms with Gasteiger partial charge in [-0.25, -0.2) is 0 Å². The Hall–Kier alpha value is -7.94. The lowest BCUT2D eigenvalue weighted by molar-refractivity contribution is 0.668. The highest BCUT2D eigenvalue weighted by Gasteiger charge is 2.46. The van der Waals surface area contributed by atoms with E-state index in [1.165, 1.54) is 55.3 Å². The molecule has 1 unspecified atom stereocenters. The fourth-order valence-electron chi connectivity index (χ4n) is 9.91. The Balaban J connectivity index is 0.973. The summed E-state index contributed by atoms with van der Waals surface area (Å²) in [5.41, 5.74) is 16.8. The van der Waals surface area contributed by atoms with Gasteiger partial charge in [-0.1, -0.05) is 164 Å². The lowest BCUT2D eigenvalue weighted by Gasteiger charge is -2.34. The Morgan fingerprint density at radius 2 is 0.918 bits per heavy atom. The van der Waals surface area contributed by atoms with Gasteiger partial charge in [-0.05, 0) is 139 Å². The molecule has 0 spiro atoms. The van der Waals surface area contributed by atoms with E-state index < -0.39 is 5.41 Å². The van der Waals surface area contributed by atoms with Gasteiger partial charge in [0.2, 0.25) is 0 Å². The Kier molecular flexibility index (Phi) is 8.11. The smallest absolute Gasteiger partial charge is 0.136 e. The largest absolute Gasteiger partial charge is 0.456 e. The summed E-state index contributed by atoms with van der Waals surface area (Å²) in [6.45, 7) is 0. The second-order valence-electron chi connectivity index (χ2n) is 16.1. The summed E-state index contributed by atoms with van der Waals surface area (Å²) in [5.74, 6) is 0. The number of hydrogen-bond acceptors (Lipinski definition) is 2. The molecule has 0 saturated heterocycles. The van der Waals surface area contributed by atoms with Crippen LogP contribution in [0.3, 0.4) is 0 Å². The third-order valence-corrected chi connectivity index (χ3v) is 12.7. The summed E-state index contributed by atoms with van der Waals surface area (Å²) in [4.78, 5) is 2.32. The third kappa shape index (κ3) is 5.64. The maximum atomic E-state index is 6.72. The normalized spacial score (nSPS) is 14.3. The van der Waals surface area contributed by atoms with Gasteiger partial charge < -0.3 is 9.32 Å². The van der Waals surface area contributed by atoms with E-state index in [9.17, 15) is 0 Å². The van der Waals surface area contributed by atoms with Crippen molar-refractivity contribution in [2.24, 2.45) is 0 Å². The predicted molar refractivity (Wildman–Crippen MR) is 254 cm³/mol. The molecule has 0 saturated carbocycles. The zero-order valence-corrected chi connectivity index (χ0v) is 33.4. The maximum absolute atomic E-state index is 6.72. The number of nitrogens with zero attached hydrogens (tertiary/aromatic N) is 1. The van der Waals surface area contributed by atoms with Crippen molar-refractivity contribution < 1.29 is 4.42 Å². The SMILES string of the molecule is c1ccc(-c2ccc(N(c3ccccc3)c3cccc(-c4ccc5c(c4)oc4ccc(C6(c7ccccc7)c7ccccc7-c7cc8ccccc8cc76)cc45)c3)cc2)cc1. The fourth-order valence-corrected chi connectivity index (χ4v) is 9.91. The van der Waals surface area contributed by atoms with E-state index in [1.807, 2.05) is 0 Å². The summed E-state index contributed by atoms with van der Waals surface area (Å²) in [6, 6.07) is 85.8. The van der Waals surface area contributed by atoms with E-state index >= 15 is 0 Å². The Bertz CT molecular complexity index is 3410. The molecule has 12 rings (SSSR count). The van der Waals surface area contributed by atoms with Crippen LogP contribution in [0.2, 0.25) is 0 Å². The van der Waals surface area contributed by atoms with Crippen molar-refractivity contribution in [2.75, 3.05) is 4.90 Å². The first-order chi connectivity index (χ1) is 30.2. The molecule has 1 atom stereocenters. The lowest BCUT2D eigenvalue weighted by atomic mass is 9.67. The molecule has 0 bridgehead atoms. The van der Waals surface area contributed by atoms with Crippen LogP contribution in [0.1, 0.15) is 22.3 Å². The van der Waals surface area contributed by atoms with Crippen LogP contribution >= 0.6 is 0 Å². The van der Waals surface area contributed by atoms with Crippen molar-refractivity contribution in [3.8, 4) is 33.4 Å². The quantitative estimate of drug-likeness (QED) is 0.160. The van der Waals surface area contributed by atoms with Gasteiger partial charge in [-0.15, -0.1) is 0 Å². The number of anilines is 3. The van der Waals surface area contributed by atoms with E-state index in [0.29, 0.717) is 0 Å². The number of hydrogen-bond donors (Lipinski definition) is 0. The first-order valence-corrected chi connectivity index (χ1v) is 21.0. The highest BCUT2D eigenvalue weighted by Crippen LogP contribution is 2.57. The zero-order valence-electron chi connectivity index (χ0n) is 33.4. The Morgan fingerprint density at radius 3 is 1.72 bits per heavy atom. The summed E-state index contributed by atoms with van der Waals surface area (Å²) >= 11 is 0. The molecule has 0 N–H and O–H groups in total. The highest BCUT2D eigenvalue weighted by molar-refractivity contribution is 6.07. The number of furan rings is 1. The summed E-state index contributed by atoms with van der Waals surface area (Å²) in [6.07, 6.45) is 0. The minimum atomic E-state index is -0.512. The van der Waals surface area contributed by atoms with E-state index in [4.69, 9.17) is 4.42 Å². The molecule has 1 heterocycles. The summed E-state index contributed by atoms with van der Waals surface area (Å²) in [7, 11) is 0. The van der Waals surface area contributed by atoms with Gasteiger partial charge >= 0.3 is 0 Å². The monoisotopic (exact) mass is 777 g/mol. The molecule has 2 nitrogen and oxygen atoms in total. The van der Waals surface area contributed by atoms with Crippen molar-refractivity contribution in [1.82, 2.24) is 0 Å². The first kappa shape index (κ1) is 35.0. The van der Waals surface area contributed by atoms with Crippen LogP contribution in [0.4, 0.5) is 17.1 Å². The summed E-state index contributed by atoms with van der Waals surface area (Å²) in [5, 5.41) is 4.72. The van der Waals surface area contributed by atoms with Crippen molar-refractivity contribution >= 4 is 49.8 Å². The molecule has 10 aromatic carbocycles. The summed E-state index contributed by atoms with van der Waals surface area (Å²) < 4.78 is 6.72. The van der Waals surface area contributed by atoms with Crippen LogP contribution < -0.4 is 4.90 Å². The molecule has 1 aliphatic carbocycles. The predicted octanol–water partition coefficient (Wildman–Crippen LogP) is 15.9. The number of para-hydroxylation sites is 1. The molecule has 0 radical (unpaired) electrons. The van der Waals surface area contributed by atoms with Gasteiger partial charge in [0.25, 0.3) is 0 Å². The Morgan fingerprint density at radius 1 is 0.311 bits per heavy atom. The van der Waals surface area contributed by atoms with Gasteiger partial charge in [0.05, 0.1) is 5.41 Å². The molecule has 1 aromatic heterocycles. The van der Waals surface area contributed by atoms with Crippen molar-refractivity contribution in [1.29, 1.82) is 0 Å². The molecule has 0 amide bonds. The number of benzene rings is 10. The van der Waals surface area contributed by atoms with Gasteiger partial charge in [0.15, 0.2) is 0 Å². The minimum Gasteiger partial charge on any atom is -0.456 e. The van der Waals surface area contributed by atoms with Gasteiger partial charge in [-0.2, -0.15) is 0 Å². The van der Waals surface area contributed by atoms with Crippen LogP contribution in [-0.4, -0.2) is 0 Å². The second-order valence-corrected chi connectivity index (χ2v) is 16.1. The standard InChI is InChI=1S/C59H39NO/c1-4-15-40(16-5-1)41-27-31-49(32-28-41)60(48-22-8-3-9-23-48)50-24-14-19-42(35-50)45-29-33-52-54-39-47(30-34-57(54)61-58(52)38-45)59(46-20-6-2-7-21-46)55-26-13-12-25-51(55)53-36-43-17-10-11-18-44(43)37-56(53)59/h1-39H. The topological polar surface area (TPSA) is 16.4 Å². The average Bonchev–Trinajstić information content (AvgIpc) is 3.84. The van der Waals surface area contributed by atoms with Crippen LogP contribution in [-0.2, 0) is 5.41 Å². The zero-order chi connectivity index (χ0) is 40.3. The van der Waals surface area contributed by atoms with Gasteiger partial charge in [-0.3, -0.25) is 0 Å². The molecule has 0 aliphatic heterocycles. The molecular formula is C59H39NO. The molecule has 2 heteroatoms. The van der Waals surface area contributed by atoms with Crippen LogP contribution in [0.15, 0.2) is 241 Å². The van der Waals surface area contributed by atoms with Crippen molar-refractivity contribution in [3.63, 3.8) is 0 Å².